The zero-order chi connectivity index (χ0) is 13.7. The highest BCUT2D eigenvalue weighted by molar-refractivity contribution is 6.29. The summed E-state index contributed by atoms with van der Waals surface area (Å²) in [6, 6.07) is 5.54. The predicted octanol–water partition coefficient (Wildman–Crippen LogP) is 2.90. The van der Waals surface area contributed by atoms with Gasteiger partial charge < -0.3 is 14.1 Å². The van der Waals surface area contributed by atoms with Crippen molar-refractivity contribution < 1.29 is 9.15 Å². The molecular weight excluding hydrogens is 266 g/mol. The summed E-state index contributed by atoms with van der Waals surface area (Å²) in [5.41, 5.74) is 0. The molecule has 2 rings (SSSR count). The second kappa shape index (κ2) is 6.54. The number of methoxy groups -OCH3 is 1. The van der Waals surface area contributed by atoms with E-state index in [1.165, 1.54) is 0 Å². The predicted molar refractivity (Wildman–Crippen MR) is 73.2 cm³/mol. The van der Waals surface area contributed by atoms with Crippen LogP contribution in [0.15, 0.2) is 28.9 Å². The van der Waals surface area contributed by atoms with E-state index in [0.29, 0.717) is 24.1 Å². The first kappa shape index (κ1) is 13.8. The van der Waals surface area contributed by atoms with E-state index in [4.69, 9.17) is 20.8 Å². The van der Waals surface area contributed by atoms with E-state index in [1.807, 2.05) is 12.1 Å². The van der Waals surface area contributed by atoms with Crippen molar-refractivity contribution in [2.45, 2.75) is 20.1 Å². The zero-order valence-electron chi connectivity index (χ0n) is 11.0. The van der Waals surface area contributed by atoms with E-state index in [1.54, 1.807) is 19.4 Å². The molecule has 0 atom stereocenters. The third-order valence-corrected chi connectivity index (χ3v) is 2.83. The van der Waals surface area contributed by atoms with Crippen molar-refractivity contribution >= 4 is 17.4 Å². The van der Waals surface area contributed by atoms with Gasteiger partial charge in [-0.25, -0.2) is 9.97 Å². The molecule has 0 fully saturated rings. The van der Waals surface area contributed by atoms with Crippen LogP contribution in [0.1, 0.15) is 18.5 Å². The van der Waals surface area contributed by atoms with E-state index in [2.05, 4.69) is 21.8 Å². The van der Waals surface area contributed by atoms with Crippen molar-refractivity contribution in [3.05, 3.63) is 41.2 Å². The van der Waals surface area contributed by atoms with Crippen molar-refractivity contribution in [1.29, 1.82) is 0 Å². The molecule has 0 spiro atoms. The van der Waals surface area contributed by atoms with Gasteiger partial charge in [0.1, 0.15) is 23.3 Å². The van der Waals surface area contributed by atoms with Crippen molar-refractivity contribution in [2.75, 3.05) is 18.6 Å². The molecule has 102 valence electrons. The van der Waals surface area contributed by atoms with Gasteiger partial charge in [-0.15, -0.1) is 0 Å². The van der Waals surface area contributed by atoms with Gasteiger partial charge in [-0.3, -0.25) is 0 Å². The second-order valence-corrected chi connectivity index (χ2v) is 4.38. The average Bonchev–Trinajstić information content (AvgIpc) is 2.88. The van der Waals surface area contributed by atoms with Crippen LogP contribution in [-0.4, -0.2) is 23.6 Å². The Morgan fingerprint density at radius 1 is 1.42 bits per heavy atom. The number of nitrogens with zero attached hydrogens (tertiary/aromatic N) is 3. The van der Waals surface area contributed by atoms with Crippen LogP contribution in [0.2, 0.25) is 5.15 Å². The number of aromatic nitrogens is 2. The van der Waals surface area contributed by atoms with Crippen LogP contribution in [0.5, 0.6) is 0 Å². The first-order chi connectivity index (χ1) is 9.22. The minimum atomic E-state index is 0.339. The molecule has 0 aromatic carbocycles. The molecule has 2 aromatic rings. The Morgan fingerprint density at radius 2 is 2.26 bits per heavy atom. The van der Waals surface area contributed by atoms with Crippen LogP contribution in [-0.2, 0) is 17.9 Å². The van der Waals surface area contributed by atoms with Gasteiger partial charge in [0.25, 0.3) is 0 Å². The van der Waals surface area contributed by atoms with Crippen molar-refractivity contribution in [2.24, 2.45) is 0 Å². The topological polar surface area (TPSA) is 51.4 Å². The minimum Gasteiger partial charge on any atom is -0.467 e. The quantitative estimate of drug-likeness (QED) is 0.762. The highest BCUT2D eigenvalue weighted by Gasteiger charge is 2.11. The van der Waals surface area contributed by atoms with Crippen molar-refractivity contribution in [1.82, 2.24) is 9.97 Å². The standard InChI is InChI=1S/C13H16ClN3O2/c1-3-17(8-10-5-4-6-19-10)13-7-11(14)15-12(16-13)9-18-2/h4-7H,3,8-9H2,1-2H3. The largest absolute Gasteiger partial charge is 0.467 e. The Hall–Kier alpha value is -1.59. The maximum absolute atomic E-state index is 6.01. The Labute approximate surface area is 117 Å². The summed E-state index contributed by atoms with van der Waals surface area (Å²) in [5.74, 6) is 2.22. The summed E-state index contributed by atoms with van der Waals surface area (Å²) in [6.07, 6.45) is 1.66. The molecule has 0 amide bonds. The SMILES string of the molecule is CCN(Cc1ccco1)c1cc(Cl)nc(COC)n1. The Balaban J connectivity index is 2.21. The van der Waals surface area contributed by atoms with E-state index < -0.39 is 0 Å². The van der Waals surface area contributed by atoms with Crippen LogP contribution >= 0.6 is 11.6 Å². The van der Waals surface area contributed by atoms with Gasteiger partial charge in [0.05, 0.1) is 12.8 Å². The lowest BCUT2D eigenvalue weighted by Crippen LogP contribution is -2.23. The van der Waals surface area contributed by atoms with E-state index in [9.17, 15) is 0 Å². The molecule has 0 aliphatic carbocycles. The van der Waals surface area contributed by atoms with Crippen LogP contribution in [0.25, 0.3) is 0 Å². The van der Waals surface area contributed by atoms with Gasteiger partial charge in [-0.2, -0.15) is 0 Å². The molecule has 5 nitrogen and oxygen atoms in total. The Bertz CT molecular complexity index is 517. The molecule has 0 aliphatic rings. The van der Waals surface area contributed by atoms with Crippen LogP contribution in [0.4, 0.5) is 5.82 Å². The minimum absolute atomic E-state index is 0.339. The molecule has 0 aliphatic heterocycles. The molecule has 0 bridgehead atoms. The van der Waals surface area contributed by atoms with Crippen molar-refractivity contribution in [3.8, 4) is 0 Å². The molecule has 6 heteroatoms. The molecule has 2 heterocycles. The number of ether oxygens (including phenoxy) is 1. The molecule has 0 saturated carbocycles. The fourth-order valence-corrected chi connectivity index (χ4v) is 1.95. The Morgan fingerprint density at radius 3 is 2.89 bits per heavy atom. The van der Waals surface area contributed by atoms with Crippen molar-refractivity contribution in [3.63, 3.8) is 0 Å². The van der Waals surface area contributed by atoms with E-state index in [-0.39, 0.29) is 0 Å². The summed E-state index contributed by atoms with van der Waals surface area (Å²) in [7, 11) is 1.60. The molecular formula is C13H16ClN3O2. The first-order valence-electron chi connectivity index (χ1n) is 6.02. The fraction of sp³-hybridized carbons (Fsp3) is 0.385. The third-order valence-electron chi connectivity index (χ3n) is 2.63. The summed E-state index contributed by atoms with van der Waals surface area (Å²) in [4.78, 5) is 10.6. The first-order valence-corrected chi connectivity index (χ1v) is 6.40. The maximum Gasteiger partial charge on any atom is 0.158 e. The molecule has 0 unspecified atom stereocenters. The summed E-state index contributed by atoms with van der Waals surface area (Å²) in [5, 5.41) is 0.412. The highest BCUT2D eigenvalue weighted by Crippen LogP contribution is 2.19. The second-order valence-electron chi connectivity index (χ2n) is 3.99. The number of hydrogen-bond donors (Lipinski definition) is 0. The highest BCUT2D eigenvalue weighted by atomic mass is 35.5. The number of furan rings is 1. The number of rotatable bonds is 6. The van der Waals surface area contributed by atoms with Crippen LogP contribution < -0.4 is 4.90 Å². The lowest BCUT2D eigenvalue weighted by Gasteiger charge is -2.21. The fourth-order valence-electron chi connectivity index (χ4n) is 1.75. The smallest absolute Gasteiger partial charge is 0.158 e. The average molecular weight is 282 g/mol. The van der Waals surface area contributed by atoms with Gasteiger partial charge in [0.2, 0.25) is 0 Å². The molecule has 19 heavy (non-hydrogen) atoms. The normalized spacial score (nSPS) is 10.7. The molecule has 0 radical (unpaired) electrons. The summed E-state index contributed by atoms with van der Waals surface area (Å²) >= 11 is 6.01. The Kier molecular flexibility index (Phi) is 4.76. The lowest BCUT2D eigenvalue weighted by molar-refractivity contribution is 0.178. The van der Waals surface area contributed by atoms with Gasteiger partial charge in [0, 0.05) is 19.7 Å². The van der Waals surface area contributed by atoms with Gasteiger partial charge in [-0.05, 0) is 19.1 Å². The third kappa shape index (κ3) is 3.68. The van der Waals surface area contributed by atoms with Gasteiger partial charge in [0.15, 0.2) is 5.82 Å². The molecule has 0 N–H and O–H groups in total. The van der Waals surface area contributed by atoms with E-state index >= 15 is 0 Å². The maximum atomic E-state index is 6.01. The van der Waals surface area contributed by atoms with Gasteiger partial charge >= 0.3 is 0 Å². The monoisotopic (exact) mass is 281 g/mol. The number of hydrogen-bond acceptors (Lipinski definition) is 5. The van der Waals surface area contributed by atoms with E-state index in [0.717, 1.165) is 18.1 Å². The summed E-state index contributed by atoms with van der Waals surface area (Å²) in [6.45, 7) is 3.82. The summed E-state index contributed by atoms with van der Waals surface area (Å²) < 4.78 is 10.4. The van der Waals surface area contributed by atoms with Gasteiger partial charge in [-0.1, -0.05) is 11.6 Å². The molecule has 0 saturated heterocycles. The van der Waals surface area contributed by atoms with Crippen LogP contribution in [0.3, 0.4) is 0 Å². The van der Waals surface area contributed by atoms with Crippen LogP contribution in [0, 0.1) is 0 Å². The number of halogens is 1. The number of anilines is 1. The zero-order valence-corrected chi connectivity index (χ0v) is 11.7. The lowest BCUT2D eigenvalue weighted by atomic mass is 10.3. The molecule has 2 aromatic heterocycles.